The van der Waals surface area contributed by atoms with Crippen molar-refractivity contribution in [3.63, 3.8) is 0 Å². The molecule has 126 valence electrons. The van der Waals surface area contributed by atoms with Gasteiger partial charge in [0.05, 0.1) is 0 Å². The zero-order valence-corrected chi connectivity index (χ0v) is 14.9. The molecular weight excluding hydrogens is 324 g/mol. The molecule has 0 saturated heterocycles. The first-order chi connectivity index (χ1) is 11.3. The Balaban J connectivity index is 2.02. The lowest BCUT2D eigenvalue weighted by molar-refractivity contribution is -0.133. The molecule has 0 aliphatic carbocycles. The van der Waals surface area contributed by atoms with Crippen LogP contribution in [0, 0.1) is 13.8 Å². The van der Waals surface area contributed by atoms with Gasteiger partial charge in [-0.1, -0.05) is 29.8 Å². The van der Waals surface area contributed by atoms with Gasteiger partial charge in [0, 0.05) is 24.2 Å². The van der Waals surface area contributed by atoms with E-state index < -0.39 is 0 Å². The molecule has 2 amide bonds. The Morgan fingerprint density at radius 3 is 2.17 bits per heavy atom. The summed E-state index contributed by atoms with van der Waals surface area (Å²) in [4.78, 5) is 25.6. The average molecular weight is 345 g/mol. The second-order valence-electron chi connectivity index (χ2n) is 5.93. The lowest BCUT2D eigenvalue weighted by atomic mass is 10.1. The number of anilines is 1. The summed E-state index contributed by atoms with van der Waals surface area (Å²) in [5.74, 6) is -0.371. The van der Waals surface area contributed by atoms with Crippen molar-refractivity contribution in [2.24, 2.45) is 0 Å². The number of halogens is 1. The number of nitrogens with zero attached hydrogens (tertiary/aromatic N) is 1. The van der Waals surface area contributed by atoms with Crippen molar-refractivity contribution < 1.29 is 9.59 Å². The Bertz CT molecular complexity index is 721. The molecule has 0 atom stereocenters. The lowest BCUT2D eigenvalue weighted by Gasteiger charge is -2.21. The highest BCUT2D eigenvalue weighted by atomic mass is 35.5. The highest BCUT2D eigenvalue weighted by Gasteiger charge is 2.14. The third-order valence-electron chi connectivity index (χ3n) is 3.57. The van der Waals surface area contributed by atoms with E-state index >= 15 is 0 Å². The maximum atomic E-state index is 12.3. The molecule has 0 aliphatic rings. The van der Waals surface area contributed by atoms with Gasteiger partial charge in [-0.05, 0) is 54.8 Å². The number of aryl methyl sites for hydroxylation is 2. The van der Waals surface area contributed by atoms with Gasteiger partial charge in [0.15, 0.2) is 0 Å². The first kappa shape index (κ1) is 18.0. The predicted molar refractivity (Wildman–Crippen MR) is 97.1 cm³/mol. The first-order valence-electron chi connectivity index (χ1n) is 7.71. The minimum atomic E-state index is -0.218. The Labute approximate surface area is 147 Å². The second-order valence-corrected chi connectivity index (χ2v) is 6.36. The molecule has 2 rings (SSSR count). The van der Waals surface area contributed by atoms with Crippen LogP contribution in [-0.4, -0.2) is 23.3 Å². The highest BCUT2D eigenvalue weighted by Crippen LogP contribution is 2.15. The van der Waals surface area contributed by atoms with Gasteiger partial charge in [0.2, 0.25) is 11.8 Å². The Hall–Kier alpha value is -2.33. The summed E-state index contributed by atoms with van der Waals surface area (Å²) >= 11 is 5.87. The maximum absolute atomic E-state index is 12.3. The van der Waals surface area contributed by atoms with Gasteiger partial charge in [0.25, 0.3) is 0 Å². The van der Waals surface area contributed by atoms with Gasteiger partial charge in [-0.2, -0.15) is 0 Å². The molecule has 0 unspecified atom stereocenters. The van der Waals surface area contributed by atoms with Crippen LogP contribution < -0.4 is 5.32 Å². The van der Waals surface area contributed by atoms with E-state index in [0.717, 1.165) is 22.4 Å². The molecular formula is C19H21ClN2O2. The third-order valence-corrected chi connectivity index (χ3v) is 3.82. The Morgan fingerprint density at radius 2 is 1.62 bits per heavy atom. The van der Waals surface area contributed by atoms with Crippen LogP contribution in [0.25, 0.3) is 0 Å². The van der Waals surface area contributed by atoms with Crippen molar-refractivity contribution in [1.29, 1.82) is 0 Å². The van der Waals surface area contributed by atoms with E-state index in [-0.39, 0.29) is 18.4 Å². The molecule has 0 aromatic heterocycles. The molecule has 0 saturated carbocycles. The molecule has 0 radical (unpaired) electrons. The van der Waals surface area contributed by atoms with Crippen LogP contribution in [0.4, 0.5) is 5.69 Å². The van der Waals surface area contributed by atoms with E-state index in [1.807, 2.05) is 44.2 Å². The molecule has 0 fully saturated rings. The van der Waals surface area contributed by atoms with E-state index in [4.69, 9.17) is 11.6 Å². The Morgan fingerprint density at radius 1 is 1.04 bits per heavy atom. The lowest BCUT2D eigenvalue weighted by Crippen LogP contribution is -2.36. The largest absolute Gasteiger partial charge is 0.329 e. The standard InChI is InChI=1S/C19H21ClN2O2/c1-13-8-14(2)10-18(9-13)21-19(24)12-22(15(3)23)11-16-4-6-17(20)7-5-16/h4-10H,11-12H2,1-3H3,(H,21,24). The Kier molecular flexibility index (Phi) is 5.99. The van der Waals surface area contributed by atoms with Crippen LogP contribution in [-0.2, 0) is 16.1 Å². The summed E-state index contributed by atoms with van der Waals surface area (Å²) in [6, 6.07) is 13.1. The number of hydrogen-bond acceptors (Lipinski definition) is 2. The monoisotopic (exact) mass is 344 g/mol. The molecule has 2 aromatic rings. The van der Waals surface area contributed by atoms with E-state index in [1.54, 1.807) is 12.1 Å². The first-order valence-corrected chi connectivity index (χ1v) is 8.09. The van der Waals surface area contributed by atoms with Crippen LogP contribution in [0.5, 0.6) is 0 Å². The molecule has 2 aromatic carbocycles. The topological polar surface area (TPSA) is 49.4 Å². The molecule has 0 heterocycles. The molecule has 5 heteroatoms. The fourth-order valence-corrected chi connectivity index (χ4v) is 2.64. The molecule has 4 nitrogen and oxygen atoms in total. The van der Waals surface area contributed by atoms with Crippen LogP contribution in [0.3, 0.4) is 0 Å². The summed E-state index contributed by atoms with van der Waals surface area (Å²) in [5, 5.41) is 3.49. The molecule has 1 N–H and O–H groups in total. The summed E-state index contributed by atoms with van der Waals surface area (Å²) in [7, 11) is 0. The number of carbonyl (C=O) groups is 2. The number of amides is 2. The number of carbonyl (C=O) groups excluding carboxylic acids is 2. The van der Waals surface area contributed by atoms with Crippen molar-refractivity contribution in [3.05, 3.63) is 64.2 Å². The molecule has 0 spiro atoms. The van der Waals surface area contributed by atoms with Gasteiger partial charge >= 0.3 is 0 Å². The summed E-state index contributed by atoms with van der Waals surface area (Å²) in [5.41, 5.74) is 3.83. The SMILES string of the molecule is CC(=O)N(CC(=O)Nc1cc(C)cc(C)c1)Cc1ccc(Cl)cc1. The van der Waals surface area contributed by atoms with Gasteiger partial charge in [-0.25, -0.2) is 0 Å². The fraction of sp³-hybridized carbons (Fsp3) is 0.263. The summed E-state index contributed by atoms with van der Waals surface area (Å²) in [6.45, 7) is 5.79. The van der Waals surface area contributed by atoms with Gasteiger partial charge in [0.1, 0.15) is 6.54 Å². The molecule has 0 bridgehead atoms. The normalized spacial score (nSPS) is 10.3. The van der Waals surface area contributed by atoms with Crippen LogP contribution in [0.15, 0.2) is 42.5 Å². The minimum absolute atomic E-state index is 0.00491. The van der Waals surface area contributed by atoms with Crippen molar-refractivity contribution in [1.82, 2.24) is 4.90 Å². The van der Waals surface area contributed by atoms with E-state index in [2.05, 4.69) is 5.32 Å². The zero-order chi connectivity index (χ0) is 17.7. The van der Waals surface area contributed by atoms with Crippen molar-refractivity contribution in [2.75, 3.05) is 11.9 Å². The second kappa shape index (κ2) is 7.97. The fourth-order valence-electron chi connectivity index (χ4n) is 2.51. The average Bonchev–Trinajstić information content (AvgIpc) is 2.47. The van der Waals surface area contributed by atoms with Gasteiger partial charge in [-0.3, -0.25) is 9.59 Å². The minimum Gasteiger partial charge on any atom is -0.329 e. The van der Waals surface area contributed by atoms with Crippen LogP contribution in [0.1, 0.15) is 23.6 Å². The van der Waals surface area contributed by atoms with Crippen LogP contribution >= 0.6 is 11.6 Å². The molecule has 0 aliphatic heterocycles. The maximum Gasteiger partial charge on any atom is 0.244 e. The van der Waals surface area contributed by atoms with Gasteiger partial charge < -0.3 is 10.2 Å². The van der Waals surface area contributed by atoms with E-state index in [0.29, 0.717) is 11.6 Å². The van der Waals surface area contributed by atoms with Gasteiger partial charge in [-0.15, -0.1) is 0 Å². The number of rotatable bonds is 5. The highest BCUT2D eigenvalue weighted by molar-refractivity contribution is 6.30. The van der Waals surface area contributed by atoms with E-state index in [1.165, 1.54) is 11.8 Å². The molecule has 24 heavy (non-hydrogen) atoms. The van der Waals surface area contributed by atoms with Crippen molar-refractivity contribution in [2.45, 2.75) is 27.3 Å². The van der Waals surface area contributed by atoms with E-state index in [9.17, 15) is 9.59 Å². The van der Waals surface area contributed by atoms with Crippen molar-refractivity contribution in [3.8, 4) is 0 Å². The predicted octanol–water partition coefficient (Wildman–Crippen LogP) is 3.94. The number of benzene rings is 2. The quantitative estimate of drug-likeness (QED) is 0.893. The van der Waals surface area contributed by atoms with Crippen molar-refractivity contribution >= 4 is 29.1 Å². The third kappa shape index (κ3) is 5.39. The van der Waals surface area contributed by atoms with Crippen LogP contribution in [0.2, 0.25) is 5.02 Å². The number of nitrogens with one attached hydrogen (secondary N) is 1. The smallest absolute Gasteiger partial charge is 0.244 e. The zero-order valence-electron chi connectivity index (χ0n) is 14.1. The summed E-state index contributed by atoms with van der Waals surface area (Å²) in [6.07, 6.45) is 0. The number of hydrogen-bond donors (Lipinski definition) is 1. The summed E-state index contributed by atoms with van der Waals surface area (Å²) < 4.78 is 0.